The van der Waals surface area contributed by atoms with Crippen molar-refractivity contribution in [1.29, 1.82) is 0 Å². The van der Waals surface area contributed by atoms with Crippen LogP contribution in [0, 0.1) is 5.82 Å². The van der Waals surface area contributed by atoms with Crippen LogP contribution in [0.4, 0.5) is 4.39 Å². The third-order valence-corrected chi connectivity index (χ3v) is 5.34. The lowest BCUT2D eigenvalue weighted by atomic mass is 9.71. The van der Waals surface area contributed by atoms with Crippen molar-refractivity contribution in [3.05, 3.63) is 71.0 Å². The molecular formula is C19H20FN. The topological polar surface area (TPSA) is 3.24 Å². The van der Waals surface area contributed by atoms with Crippen molar-refractivity contribution in [2.24, 2.45) is 0 Å². The SMILES string of the molecule is CN1CCC2c3ccccc3C(c3ccc(F)cc3)C[C@@H]21. The fourth-order valence-corrected chi connectivity index (χ4v) is 4.26. The third kappa shape index (κ3) is 2.09. The zero-order valence-electron chi connectivity index (χ0n) is 12.3. The van der Waals surface area contributed by atoms with Crippen LogP contribution in [0.5, 0.6) is 0 Å². The molecule has 1 nitrogen and oxygen atoms in total. The molecule has 2 aromatic rings. The number of rotatable bonds is 1. The van der Waals surface area contributed by atoms with Crippen molar-refractivity contribution in [2.75, 3.05) is 13.6 Å². The van der Waals surface area contributed by atoms with Crippen LogP contribution in [0.25, 0.3) is 0 Å². The first-order valence-corrected chi connectivity index (χ1v) is 7.78. The number of benzene rings is 2. The van der Waals surface area contributed by atoms with E-state index in [1.807, 2.05) is 12.1 Å². The Morgan fingerprint density at radius 3 is 2.48 bits per heavy atom. The molecule has 21 heavy (non-hydrogen) atoms. The number of likely N-dealkylation sites (tertiary alicyclic amines) is 1. The molecule has 2 unspecified atom stereocenters. The molecule has 1 aliphatic heterocycles. The van der Waals surface area contributed by atoms with Gasteiger partial charge in [0, 0.05) is 17.9 Å². The van der Waals surface area contributed by atoms with Crippen LogP contribution in [0.3, 0.4) is 0 Å². The Labute approximate surface area is 125 Å². The maximum absolute atomic E-state index is 13.2. The Morgan fingerprint density at radius 2 is 1.71 bits per heavy atom. The molecule has 0 amide bonds. The molecule has 0 spiro atoms. The summed E-state index contributed by atoms with van der Waals surface area (Å²) in [6, 6.07) is 16.5. The second-order valence-corrected chi connectivity index (χ2v) is 6.41. The molecule has 1 saturated heterocycles. The number of likely N-dealkylation sites (N-methyl/N-ethyl adjacent to an activating group) is 1. The molecule has 1 heterocycles. The smallest absolute Gasteiger partial charge is 0.123 e. The fourth-order valence-electron chi connectivity index (χ4n) is 4.26. The van der Waals surface area contributed by atoms with Crippen molar-refractivity contribution < 1.29 is 4.39 Å². The quantitative estimate of drug-likeness (QED) is 0.759. The molecule has 1 fully saturated rings. The zero-order valence-corrected chi connectivity index (χ0v) is 12.3. The molecule has 2 aliphatic rings. The minimum absolute atomic E-state index is 0.154. The van der Waals surface area contributed by atoms with E-state index in [2.05, 4.69) is 36.2 Å². The first-order valence-electron chi connectivity index (χ1n) is 7.78. The van der Waals surface area contributed by atoms with Crippen LogP contribution in [-0.4, -0.2) is 24.5 Å². The lowest BCUT2D eigenvalue weighted by Crippen LogP contribution is -2.34. The second kappa shape index (κ2) is 4.96. The highest BCUT2D eigenvalue weighted by atomic mass is 19.1. The number of fused-ring (bicyclic) bond motifs is 3. The summed E-state index contributed by atoms with van der Waals surface area (Å²) in [6.45, 7) is 1.18. The zero-order chi connectivity index (χ0) is 14.4. The van der Waals surface area contributed by atoms with Gasteiger partial charge in [-0.05, 0) is 55.3 Å². The molecule has 4 rings (SSSR count). The average molecular weight is 281 g/mol. The Hall–Kier alpha value is -1.67. The molecule has 0 saturated carbocycles. The summed E-state index contributed by atoms with van der Waals surface area (Å²) in [5.41, 5.74) is 4.19. The van der Waals surface area contributed by atoms with Crippen molar-refractivity contribution in [3.63, 3.8) is 0 Å². The van der Waals surface area contributed by atoms with Crippen LogP contribution in [0.1, 0.15) is 41.4 Å². The Bertz CT molecular complexity index is 649. The van der Waals surface area contributed by atoms with E-state index in [1.165, 1.54) is 29.7 Å². The first kappa shape index (κ1) is 13.0. The lowest BCUT2D eigenvalue weighted by molar-refractivity contribution is 0.265. The first-order chi connectivity index (χ1) is 10.2. The van der Waals surface area contributed by atoms with Gasteiger partial charge in [-0.3, -0.25) is 0 Å². The van der Waals surface area contributed by atoms with E-state index < -0.39 is 0 Å². The van der Waals surface area contributed by atoms with E-state index in [4.69, 9.17) is 0 Å². The van der Waals surface area contributed by atoms with Gasteiger partial charge in [-0.2, -0.15) is 0 Å². The highest BCUT2D eigenvalue weighted by Crippen LogP contribution is 2.47. The van der Waals surface area contributed by atoms with Gasteiger partial charge in [0.1, 0.15) is 5.82 Å². The van der Waals surface area contributed by atoms with Crippen molar-refractivity contribution in [1.82, 2.24) is 4.90 Å². The van der Waals surface area contributed by atoms with Crippen molar-refractivity contribution in [2.45, 2.75) is 30.7 Å². The van der Waals surface area contributed by atoms with Crippen LogP contribution in [0.2, 0.25) is 0 Å². The summed E-state index contributed by atoms with van der Waals surface area (Å²) >= 11 is 0. The molecular weight excluding hydrogens is 261 g/mol. The summed E-state index contributed by atoms with van der Waals surface area (Å²) in [6.07, 6.45) is 2.40. The minimum Gasteiger partial charge on any atom is -0.303 e. The van der Waals surface area contributed by atoms with Gasteiger partial charge in [0.05, 0.1) is 0 Å². The average Bonchev–Trinajstić information content (AvgIpc) is 2.89. The normalized spacial score (nSPS) is 28.2. The summed E-state index contributed by atoms with van der Waals surface area (Å²) < 4.78 is 13.2. The molecule has 0 aromatic heterocycles. The Balaban J connectivity index is 1.81. The standard InChI is InChI=1S/C19H20FN/c1-21-11-10-17-15-4-2-3-5-16(15)18(12-19(17)21)13-6-8-14(20)9-7-13/h2-9,17-19H,10-12H2,1H3/t17?,18?,19-/m0/s1. The summed E-state index contributed by atoms with van der Waals surface area (Å²) in [4.78, 5) is 2.50. The molecule has 2 aromatic carbocycles. The molecule has 0 N–H and O–H groups in total. The molecule has 3 atom stereocenters. The minimum atomic E-state index is -0.154. The molecule has 0 bridgehead atoms. The van der Waals surface area contributed by atoms with E-state index in [0.29, 0.717) is 17.9 Å². The van der Waals surface area contributed by atoms with Crippen LogP contribution in [0.15, 0.2) is 48.5 Å². The van der Waals surface area contributed by atoms with E-state index in [9.17, 15) is 4.39 Å². The molecule has 1 aliphatic carbocycles. The predicted molar refractivity (Wildman–Crippen MR) is 83.1 cm³/mol. The molecule has 0 radical (unpaired) electrons. The van der Waals surface area contributed by atoms with Gasteiger partial charge in [0.15, 0.2) is 0 Å². The van der Waals surface area contributed by atoms with Gasteiger partial charge < -0.3 is 4.90 Å². The molecule has 108 valence electrons. The van der Waals surface area contributed by atoms with Gasteiger partial charge in [0.2, 0.25) is 0 Å². The largest absolute Gasteiger partial charge is 0.303 e. The highest BCUT2D eigenvalue weighted by molar-refractivity contribution is 5.44. The number of nitrogens with zero attached hydrogens (tertiary/aromatic N) is 1. The van der Waals surface area contributed by atoms with Gasteiger partial charge in [-0.1, -0.05) is 36.4 Å². The van der Waals surface area contributed by atoms with Crippen LogP contribution >= 0.6 is 0 Å². The lowest BCUT2D eigenvalue weighted by Gasteiger charge is -2.37. The van der Waals surface area contributed by atoms with Crippen LogP contribution in [-0.2, 0) is 0 Å². The third-order valence-electron chi connectivity index (χ3n) is 5.34. The van der Waals surface area contributed by atoms with Crippen molar-refractivity contribution >= 4 is 0 Å². The Kier molecular flexibility index (Phi) is 3.07. The number of hydrogen-bond acceptors (Lipinski definition) is 1. The van der Waals surface area contributed by atoms with Gasteiger partial charge in [0.25, 0.3) is 0 Å². The molecule has 2 heteroatoms. The summed E-state index contributed by atoms with van der Waals surface area (Å²) in [5, 5.41) is 0. The summed E-state index contributed by atoms with van der Waals surface area (Å²) in [7, 11) is 2.24. The Morgan fingerprint density at radius 1 is 1.00 bits per heavy atom. The maximum atomic E-state index is 13.2. The number of halogens is 1. The van der Waals surface area contributed by atoms with Gasteiger partial charge >= 0.3 is 0 Å². The van der Waals surface area contributed by atoms with Crippen molar-refractivity contribution in [3.8, 4) is 0 Å². The van der Waals surface area contributed by atoms with E-state index in [-0.39, 0.29) is 5.82 Å². The highest BCUT2D eigenvalue weighted by Gasteiger charge is 2.40. The number of hydrogen-bond donors (Lipinski definition) is 0. The summed E-state index contributed by atoms with van der Waals surface area (Å²) in [5.74, 6) is 0.908. The maximum Gasteiger partial charge on any atom is 0.123 e. The van der Waals surface area contributed by atoms with E-state index >= 15 is 0 Å². The second-order valence-electron chi connectivity index (χ2n) is 6.41. The fraction of sp³-hybridized carbons (Fsp3) is 0.368. The van der Waals surface area contributed by atoms with Crippen LogP contribution < -0.4 is 0 Å². The van der Waals surface area contributed by atoms with E-state index in [0.717, 1.165) is 6.42 Å². The van der Waals surface area contributed by atoms with Gasteiger partial charge in [-0.25, -0.2) is 4.39 Å². The monoisotopic (exact) mass is 281 g/mol. The predicted octanol–water partition coefficient (Wildman–Crippen LogP) is 4.15. The van der Waals surface area contributed by atoms with Gasteiger partial charge in [-0.15, -0.1) is 0 Å². The van der Waals surface area contributed by atoms with E-state index in [1.54, 1.807) is 12.1 Å².